The van der Waals surface area contributed by atoms with Gasteiger partial charge in [-0.1, -0.05) is 50.3 Å². The molecule has 1 N–H and O–H groups in total. The van der Waals surface area contributed by atoms with Gasteiger partial charge in [-0.25, -0.2) is 0 Å². The average Bonchev–Trinajstić information content (AvgIpc) is 2.35. The predicted octanol–water partition coefficient (Wildman–Crippen LogP) is 3.75. The number of allylic oxidation sites excluding steroid dienone is 1. The van der Waals surface area contributed by atoms with Crippen molar-refractivity contribution in [2.75, 3.05) is 0 Å². The molecule has 0 aliphatic heterocycles. The SMILES string of the molecule is CC1=CC(C(C)c2ccccc2)CC(C)C1O. The van der Waals surface area contributed by atoms with Crippen LogP contribution in [-0.4, -0.2) is 11.2 Å². The average molecular weight is 230 g/mol. The monoisotopic (exact) mass is 230 g/mol. The van der Waals surface area contributed by atoms with E-state index in [4.69, 9.17) is 0 Å². The van der Waals surface area contributed by atoms with E-state index in [2.05, 4.69) is 50.3 Å². The molecule has 1 aromatic carbocycles. The minimum atomic E-state index is -0.241. The summed E-state index contributed by atoms with van der Waals surface area (Å²) in [5, 5.41) is 9.95. The Morgan fingerprint density at radius 1 is 1.24 bits per heavy atom. The van der Waals surface area contributed by atoms with Crippen LogP contribution in [0.1, 0.15) is 38.7 Å². The third-order valence-corrected chi connectivity index (χ3v) is 4.09. The van der Waals surface area contributed by atoms with Crippen LogP contribution in [0.15, 0.2) is 42.0 Å². The Kier molecular flexibility index (Phi) is 3.68. The predicted molar refractivity (Wildman–Crippen MR) is 71.9 cm³/mol. The van der Waals surface area contributed by atoms with Gasteiger partial charge in [0, 0.05) is 0 Å². The van der Waals surface area contributed by atoms with Crippen molar-refractivity contribution in [2.24, 2.45) is 11.8 Å². The molecule has 0 saturated heterocycles. The maximum Gasteiger partial charge on any atom is 0.0773 e. The first-order valence-electron chi connectivity index (χ1n) is 6.51. The quantitative estimate of drug-likeness (QED) is 0.767. The van der Waals surface area contributed by atoms with Gasteiger partial charge < -0.3 is 5.11 Å². The molecule has 1 nitrogen and oxygen atoms in total. The van der Waals surface area contributed by atoms with Crippen molar-refractivity contribution in [1.29, 1.82) is 0 Å². The van der Waals surface area contributed by atoms with E-state index in [1.807, 2.05) is 6.92 Å². The molecule has 92 valence electrons. The lowest BCUT2D eigenvalue weighted by molar-refractivity contribution is 0.123. The fourth-order valence-corrected chi connectivity index (χ4v) is 2.86. The fourth-order valence-electron chi connectivity index (χ4n) is 2.86. The van der Waals surface area contributed by atoms with E-state index >= 15 is 0 Å². The molecule has 17 heavy (non-hydrogen) atoms. The van der Waals surface area contributed by atoms with Gasteiger partial charge in [0.15, 0.2) is 0 Å². The molecule has 1 aromatic rings. The molecule has 2 rings (SSSR count). The smallest absolute Gasteiger partial charge is 0.0773 e. The van der Waals surface area contributed by atoms with Crippen LogP contribution in [0.25, 0.3) is 0 Å². The van der Waals surface area contributed by atoms with Crippen LogP contribution >= 0.6 is 0 Å². The van der Waals surface area contributed by atoms with Crippen LogP contribution in [0.3, 0.4) is 0 Å². The van der Waals surface area contributed by atoms with Crippen molar-refractivity contribution < 1.29 is 5.11 Å². The lowest BCUT2D eigenvalue weighted by Crippen LogP contribution is -2.28. The maximum absolute atomic E-state index is 9.95. The van der Waals surface area contributed by atoms with Crippen LogP contribution < -0.4 is 0 Å². The van der Waals surface area contributed by atoms with Crippen LogP contribution in [0.5, 0.6) is 0 Å². The molecule has 4 atom stereocenters. The molecule has 0 radical (unpaired) electrons. The van der Waals surface area contributed by atoms with E-state index in [-0.39, 0.29) is 6.10 Å². The molecule has 0 bridgehead atoms. The van der Waals surface area contributed by atoms with Crippen LogP contribution in [-0.2, 0) is 0 Å². The molecular weight excluding hydrogens is 208 g/mol. The highest BCUT2D eigenvalue weighted by Gasteiger charge is 2.28. The van der Waals surface area contributed by atoms with Crippen LogP contribution in [0.2, 0.25) is 0 Å². The summed E-state index contributed by atoms with van der Waals surface area (Å²) in [6, 6.07) is 10.7. The van der Waals surface area contributed by atoms with Gasteiger partial charge in [-0.05, 0) is 42.2 Å². The lowest BCUT2D eigenvalue weighted by Gasteiger charge is -2.33. The maximum atomic E-state index is 9.95. The number of aliphatic hydroxyl groups is 1. The summed E-state index contributed by atoms with van der Waals surface area (Å²) in [6.45, 7) is 6.48. The number of hydrogen-bond acceptors (Lipinski definition) is 1. The molecule has 1 heteroatoms. The highest BCUT2D eigenvalue weighted by atomic mass is 16.3. The minimum Gasteiger partial charge on any atom is -0.388 e. The summed E-state index contributed by atoms with van der Waals surface area (Å²) < 4.78 is 0. The summed E-state index contributed by atoms with van der Waals surface area (Å²) >= 11 is 0. The number of benzene rings is 1. The third-order valence-electron chi connectivity index (χ3n) is 4.09. The Bertz CT molecular complexity index is 393. The number of hydrogen-bond donors (Lipinski definition) is 1. The van der Waals surface area contributed by atoms with Crippen molar-refractivity contribution in [3.05, 3.63) is 47.5 Å². The van der Waals surface area contributed by atoms with E-state index in [0.717, 1.165) is 12.0 Å². The summed E-state index contributed by atoms with van der Waals surface area (Å²) in [4.78, 5) is 0. The second kappa shape index (κ2) is 5.05. The van der Waals surface area contributed by atoms with Gasteiger partial charge in [-0.2, -0.15) is 0 Å². The first kappa shape index (κ1) is 12.4. The summed E-state index contributed by atoms with van der Waals surface area (Å²) in [5.74, 6) is 1.45. The van der Waals surface area contributed by atoms with E-state index in [9.17, 15) is 5.11 Å². The van der Waals surface area contributed by atoms with Crippen LogP contribution in [0.4, 0.5) is 0 Å². The zero-order valence-corrected chi connectivity index (χ0v) is 10.9. The topological polar surface area (TPSA) is 20.2 Å². The molecule has 1 aliphatic carbocycles. The molecule has 0 amide bonds. The van der Waals surface area contributed by atoms with Gasteiger partial charge >= 0.3 is 0 Å². The second-order valence-corrected chi connectivity index (χ2v) is 5.43. The summed E-state index contributed by atoms with van der Waals surface area (Å²) in [6.07, 6.45) is 3.10. The van der Waals surface area contributed by atoms with Crippen molar-refractivity contribution in [2.45, 2.75) is 39.2 Å². The highest BCUT2D eigenvalue weighted by Crippen LogP contribution is 2.36. The van der Waals surface area contributed by atoms with Crippen LogP contribution in [0, 0.1) is 11.8 Å². The molecule has 0 aromatic heterocycles. The van der Waals surface area contributed by atoms with E-state index < -0.39 is 0 Å². The Labute approximate surface area is 104 Å². The van der Waals surface area contributed by atoms with Gasteiger partial charge in [0.1, 0.15) is 0 Å². The largest absolute Gasteiger partial charge is 0.388 e. The molecule has 0 saturated carbocycles. The van der Waals surface area contributed by atoms with Crippen molar-refractivity contribution >= 4 is 0 Å². The van der Waals surface area contributed by atoms with E-state index in [1.165, 1.54) is 5.56 Å². The number of aliphatic hydroxyl groups excluding tert-OH is 1. The molecule has 0 fully saturated rings. The van der Waals surface area contributed by atoms with Gasteiger partial charge in [0.05, 0.1) is 6.10 Å². The van der Waals surface area contributed by atoms with Crippen molar-refractivity contribution in [3.63, 3.8) is 0 Å². The van der Waals surface area contributed by atoms with E-state index in [1.54, 1.807) is 0 Å². The van der Waals surface area contributed by atoms with Gasteiger partial charge in [-0.3, -0.25) is 0 Å². The molecule has 4 unspecified atom stereocenters. The zero-order valence-electron chi connectivity index (χ0n) is 10.9. The lowest BCUT2D eigenvalue weighted by atomic mass is 9.74. The second-order valence-electron chi connectivity index (χ2n) is 5.43. The van der Waals surface area contributed by atoms with Gasteiger partial charge in [0.25, 0.3) is 0 Å². The standard InChI is InChI=1S/C16H22O/c1-11-9-15(10-12(2)16(11)17)13(3)14-7-5-4-6-8-14/h4-9,12-13,15-17H,10H2,1-3H3. The normalized spacial score (nSPS) is 30.8. The summed E-state index contributed by atoms with van der Waals surface area (Å²) in [5.41, 5.74) is 2.53. The molecule has 0 spiro atoms. The van der Waals surface area contributed by atoms with E-state index in [0.29, 0.717) is 17.8 Å². The van der Waals surface area contributed by atoms with Crippen molar-refractivity contribution in [3.8, 4) is 0 Å². The molecular formula is C16H22O. The third kappa shape index (κ3) is 2.61. The first-order chi connectivity index (χ1) is 8.09. The Morgan fingerprint density at radius 3 is 2.47 bits per heavy atom. The molecule has 0 heterocycles. The highest BCUT2D eigenvalue weighted by molar-refractivity contribution is 5.23. The fraction of sp³-hybridized carbons (Fsp3) is 0.500. The van der Waals surface area contributed by atoms with Gasteiger partial charge in [0.2, 0.25) is 0 Å². The zero-order chi connectivity index (χ0) is 12.4. The van der Waals surface area contributed by atoms with Gasteiger partial charge in [-0.15, -0.1) is 0 Å². The number of rotatable bonds is 2. The summed E-state index contributed by atoms with van der Waals surface area (Å²) in [7, 11) is 0. The Hall–Kier alpha value is -1.08. The molecule has 1 aliphatic rings. The Morgan fingerprint density at radius 2 is 1.88 bits per heavy atom. The first-order valence-corrected chi connectivity index (χ1v) is 6.51. The van der Waals surface area contributed by atoms with Crippen molar-refractivity contribution in [1.82, 2.24) is 0 Å². The Balaban J connectivity index is 2.19. The minimum absolute atomic E-state index is 0.241.